The van der Waals surface area contributed by atoms with Crippen molar-refractivity contribution in [2.75, 3.05) is 27.3 Å². The van der Waals surface area contributed by atoms with Crippen molar-refractivity contribution in [3.63, 3.8) is 0 Å². The Morgan fingerprint density at radius 3 is 2.67 bits per heavy atom. The molecule has 30 heavy (non-hydrogen) atoms. The number of alkyl halides is 3. The van der Waals surface area contributed by atoms with E-state index in [4.69, 9.17) is 14.2 Å². The van der Waals surface area contributed by atoms with Gasteiger partial charge in [-0.25, -0.2) is 0 Å². The number of benzene rings is 2. The molecule has 0 saturated heterocycles. The van der Waals surface area contributed by atoms with Crippen LogP contribution in [0.2, 0.25) is 0 Å². The van der Waals surface area contributed by atoms with E-state index < -0.39 is 12.8 Å². The van der Waals surface area contributed by atoms with E-state index in [-0.39, 0.29) is 17.6 Å². The van der Waals surface area contributed by atoms with Gasteiger partial charge in [0.05, 0.1) is 13.7 Å². The Kier molecular flexibility index (Phi) is 6.91. The molecule has 3 rings (SSSR count). The Labute approximate surface area is 173 Å². The van der Waals surface area contributed by atoms with Crippen LogP contribution in [0.1, 0.15) is 11.1 Å². The molecule has 1 atom stereocenters. The molecule has 0 radical (unpaired) electrons. The van der Waals surface area contributed by atoms with Crippen molar-refractivity contribution in [2.24, 2.45) is 4.99 Å². The summed E-state index contributed by atoms with van der Waals surface area (Å²) in [4.78, 5) is 4.19. The molecule has 0 spiro atoms. The molecule has 0 saturated carbocycles. The van der Waals surface area contributed by atoms with Gasteiger partial charge in [-0.1, -0.05) is 24.3 Å². The number of hydrogen-bond acceptors (Lipinski definition) is 4. The number of methoxy groups -OCH3 is 1. The Morgan fingerprint density at radius 2 is 1.97 bits per heavy atom. The van der Waals surface area contributed by atoms with Gasteiger partial charge >= 0.3 is 6.18 Å². The lowest BCUT2D eigenvalue weighted by atomic mass is 10.1. The van der Waals surface area contributed by atoms with Crippen molar-refractivity contribution in [2.45, 2.75) is 25.2 Å². The first-order valence-corrected chi connectivity index (χ1v) is 9.43. The van der Waals surface area contributed by atoms with Gasteiger partial charge in [0.25, 0.3) is 0 Å². The fraction of sp³-hybridized carbons (Fsp3) is 0.381. The molecule has 6 nitrogen and oxygen atoms in total. The molecule has 1 aliphatic rings. The van der Waals surface area contributed by atoms with Gasteiger partial charge in [0, 0.05) is 20.0 Å². The maximum Gasteiger partial charge on any atom is 0.422 e. The molecule has 1 heterocycles. The molecule has 0 fully saturated rings. The van der Waals surface area contributed by atoms with Crippen LogP contribution in [-0.2, 0) is 13.0 Å². The van der Waals surface area contributed by atoms with Crippen LogP contribution in [0.25, 0.3) is 0 Å². The highest BCUT2D eigenvalue weighted by molar-refractivity contribution is 5.79. The standard InChI is InChI=1S/C21H24F3N3O3/c1-25-20(27-12-16-10-15-5-3-4-6-17(15)30-16)26-11-14-7-8-18(19(9-14)28-2)29-13-21(22,23)24/h3-9,16H,10-13H2,1-2H3,(H2,25,26,27). The summed E-state index contributed by atoms with van der Waals surface area (Å²) in [5.74, 6) is 1.77. The zero-order chi connectivity index (χ0) is 21.6. The molecule has 0 bridgehead atoms. The van der Waals surface area contributed by atoms with Gasteiger partial charge in [0.2, 0.25) is 0 Å². The molecule has 0 amide bonds. The molecule has 1 aliphatic heterocycles. The number of nitrogens with zero attached hydrogens (tertiary/aromatic N) is 1. The molecule has 2 aromatic rings. The van der Waals surface area contributed by atoms with Gasteiger partial charge in [0.1, 0.15) is 11.9 Å². The topological polar surface area (TPSA) is 64.1 Å². The average molecular weight is 423 g/mol. The van der Waals surface area contributed by atoms with Crippen molar-refractivity contribution in [1.82, 2.24) is 10.6 Å². The number of hydrogen-bond donors (Lipinski definition) is 2. The highest BCUT2D eigenvalue weighted by Gasteiger charge is 2.29. The Balaban J connectivity index is 1.50. The largest absolute Gasteiger partial charge is 0.493 e. The maximum atomic E-state index is 12.4. The van der Waals surface area contributed by atoms with Gasteiger partial charge < -0.3 is 24.8 Å². The van der Waals surface area contributed by atoms with Crippen LogP contribution in [0.3, 0.4) is 0 Å². The maximum absolute atomic E-state index is 12.4. The predicted octanol–water partition coefficient (Wildman–Crippen LogP) is 3.31. The Bertz CT molecular complexity index is 862. The summed E-state index contributed by atoms with van der Waals surface area (Å²) in [6, 6.07) is 12.7. The van der Waals surface area contributed by atoms with Crippen LogP contribution in [0.4, 0.5) is 13.2 Å². The quantitative estimate of drug-likeness (QED) is 0.529. The lowest BCUT2D eigenvalue weighted by Crippen LogP contribution is -2.41. The first-order valence-electron chi connectivity index (χ1n) is 9.43. The van der Waals surface area contributed by atoms with Crippen LogP contribution < -0.4 is 24.8 Å². The van der Waals surface area contributed by atoms with Crippen LogP contribution in [0, 0.1) is 0 Å². The molecule has 1 unspecified atom stereocenters. The van der Waals surface area contributed by atoms with Crippen molar-refractivity contribution in [1.29, 1.82) is 0 Å². The van der Waals surface area contributed by atoms with Crippen LogP contribution in [-0.4, -0.2) is 45.5 Å². The third-order valence-corrected chi connectivity index (χ3v) is 4.51. The van der Waals surface area contributed by atoms with E-state index >= 15 is 0 Å². The van der Waals surface area contributed by atoms with Crippen LogP contribution in [0.15, 0.2) is 47.5 Å². The van der Waals surface area contributed by atoms with E-state index in [0.717, 1.165) is 17.7 Å². The van der Waals surface area contributed by atoms with E-state index in [2.05, 4.69) is 21.7 Å². The number of fused-ring (bicyclic) bond motifs is 1. The molecule has 0 aromatic heterocycles. The van der Waals surface area contributed by atoms with Gasteiger partial charge in [-0.3, -0.25) is 4.99 Å². The first kappa shape index (κ1) is 21.6. The molecule has 9 heteroatoms. The lowest BCUT2D eigenvalue weighted by Gasteiger charge is -2.16. The zero-order valence-electron chi connectivity index (χ0n) is 16.8. The number of aliphatic imine (C=N–C) groups is 1. The summed E-state index contributed by atoms with van der Waals surface area (Å²) < 4.78 is 52.9. The number of nitrogens with one attached hydrogen (secondary N) is 2. The SMILES string of the molecule is CN=C(NCc1ccc(OCC(F)(F)F)c(OC)c1)NCC1Cc2ccccc2O1. The van der Waals surface area contributed by atoms with E-state index in [1.807, 2.05) is 18.2 Å². The number of rotatable bonds is 7. The summed E-state index contributed by atoms with van der Waals surface area (Å²) >= 11 is 0. The summed E-state index contributed by atoms with van der Waals surface area (Å²) in [6.07, 6.45) is -3.56. The monoisotopic (exact) mass is 423 g/mol. The first-order chi connectivity index (χ1) is 14.4. The Morgan fingerprint density at radius 1 is 1.17 bits per heavy atom. The van der Waals surface area contributed by atoms with E-state index in [1.165, 1.54) is 18.7 Å². The zero-order valence-corrected chi connectivity index (χ0v) is 16.8. The fourth-order valence-corrected chi connectivity index (χ4v) is 3.09. The van der Waals surface area contributed by atoms with Crippen molar-refractivity contribution in [3.8, 4) is 17.2 Å². The van der Waals surface area contributed by atoms with E-state index in [1.54, 1.807) is 19.2 Å². The second kappa shape index (κ2) is 9.60. The summed E-state index contributed by atoms with van der Waals surface area (Å²) in [7, 11) is 3.04. The minimum Gasteiger partial charge on any atom is -0.493 e. The van der Waals surface area contributed by atoms with Crippen molar-refractivity contribution in [3.05, 3.63) is 53.6 Å². The summed E-state index contributed by atoms with van der Waals surface area (Å²) in [6.45, 7) is -0.381. The lowest BCUT2D eigenvalue weighted by molar-refractivity contribution is -0.153. The molecule has 2 aromatic carbocycles. The highest BCUT2D eigenvalue weighted by Crippen LogP contribution is 2.30. The van der Waals surface area contributed by atoms with Gasteiger partial charge in [0.15, 0.2) is 24.1 Å². The second-order valence-corrected chi connectivity index (χ2v) is 6.75. The molecular weight excluding hydrogens is 399 g/mol. The van der Waals surface area contributed by atoms with Crippen LogP contribution in [0.5, 0.6) is 17.2 Å². The van der Waals surface area contributed by atoms with Crippen molar-refractivity contribution >= 4 is 5.96 Å². The smallest absolute Gasteiger partial charge is 0.422 e. The minimum absolute atomic E-state index is 0.0195. The van der Waals surface area contributed by atoms with Gasteiger partial charge in [-0.15, -0.1) is 0 Å². The van der Waals surface area contributed by atoms with Crippen LogP contribution >= 0.6 is 0 Å². The summed E-state index contributed by atoms with van der Waals surface area (Å²) in [5.41, 5.74) is 1.99. The summed E-state index contributed by atoms with van der Waals surface area (Å²) in [5, 5.41) is 6.39. The van der Waals surface area contributed by atoms with E-state index in [0.29, 0.717) is 19.0 Å². The second-order valence-electron chi connectivity index (χ2n) is 6.75. The fourth-order valence-electron chi connectivity index (χ4n) is 3.09. The third-order valence-electron chi connectivity index (χ3n) is 4.51. The predicted molar refractivity (Wildman–Crippen MR) is 107 cm³/mol. The molecule has 0 aliphatic carbocycles. The Hall–Kier alpha value is -3.10. The third kappa shape index (κ3) is 5.95. The van der Waals surface area contributed by atoms with Gasteiger partial charge in [-0.05, 0) is 29.3 Å². The number of halogens is 3. The van der Waals surface area contributed by atoms with Crippen molar-refractivity contribution < 1.29 is 27.4 Å². The highest BCUT2D eigenvalue weighted by atomic mass is 19.4. The molecule has 2 N–H and O–H groups in total. The minimum atomic E-state index is -4.41. The van der Waals surface area contributed by atoms with E-state index in [9.17, 15) is 13.2 Å². The molecule has 162 valence electrons. The number of para-hydroxylation sites is 1. The normalized spacial score (nSPS) is 15.9. The average Bonchev–Trinajstić information content (AvgIpc) is 3.15. The molecular formula is C21H24F3N3O3. The number of guanidine groups is 1. The van der Waals surface area contributed by atoms with Gasteiger partial charge in [-0.2, -0.15) is 13.2 Å². The number of ether oxygens (including phenoxy) is 3.